The van der Waals surface area contributed by atoms with Gasteiger partial charge < -0.3 is 4.74 Å². The van der Waals surface area contributed by atoms with Crippen LogP contribution >= 0.6 is 0 Å². The molecule has 5 nitrogen and oxygen atoms in total. The third kappa shape index (κ3) is 3.25. The standard InChI is InChI=1S/C21H25NO4S/c1-2-26-21(23)20-17-9-5-6-10-18(13-17)22(20)27(24,25)19-12-11-15-7-3-4-8-16(15)14-19/h3-4,7-8,11-12,14,17-18,20H,2,5-6,9-10,13H2,1H3. The number of carbonyl (C=O) groups excluding carboxylic acids is 1. The fraction of sp³-hybridized carbons (Fsp3) is 0.476. The Morgan fingerprint density at radius 1 is 1.11 bits per heavy atom. The molecule has 1 saturated heterocycles. The normalized spacial score (nSPS) is 26.0. The molecule has 27 heavy (non-hydrogen) atoms. The molecular formula is C21H25NO4S. The van der Waals surface area contributed by atoms with Crippen LogP contribution in [0.1, 0.15) is 39.0 Å². The summed E-state index contributed by atoms with van der Waals surface area (Å²) in [7, 11) is -3.78. The fourth-order valence-corrected chi connectivity index (χ4v) is 6.54. The van der Waals surface area contributed by atoms with Gasteiger partial charge in [-0.25, -0.2) is 8.42 Å². The van der Waals surface area contributed by atoms with E-state index >= 15 is 0 Å². The molecule has 6 heteroatoms. The highest BCUT2D eigenvalue weighted by molar-refractivity contribution is 7.89. The van der Waals surface area contributed by atoms with Crippen molar-refractivity contribution in [3.05, 3.63) is 42.5 Å². The lowest BCUT2D eigenvalue weighted by Gasteiger charge is -2.31. The highest BCUT2D eigenvalue weighted by Crippen LogP contribution is 2.42. The summed E-state index contributed by atoms with van der Waals surface area (Å²) in [5.74, 6) is -0.358. The number of rotatable bonds is 4. The van der Waals surface area contributed by atoms with Crippen molar-refractivity contribution in [2.24, 2.45) is 5.92 Å². The lowest BCUT2D eigenvalue weighted by Crippen LogP contribution is -2.47. The zero-order valence-electron chi connectivity index (χ0n) is 15.5. The van der Waals surface area contributed by atoms with Crippen molar-refractivity contribution in [2.45, 2.75) is 56.0 Å². The van der Waals surface area contributed by atoms with Crippen molar-refractivity contribution in [2.75, 3.05) is 6.61 Å². The minimum absolute atomic E-state index is 0.0479. The second-order valence-corrected chi connectivity index (χ2v) is 9.32. The number of hydrogen-bond donors (Lipinski definition) is 0. The number of benzene rings is 2. The van der Waals surface area contributed by atoms with Crippen LogP contribution in [0.25, 0.3) is 10.8 Å². The number of fused-ring (bicyclic) bond motifs is 3. The van der Waals surface area contributed by atoms with Gasteiger partial charge in [0.05, 0.1) is 11.5 Å². The first-order valence-electron chi connectivity index (χ1n) is 9.71. The highest BCUT2D eigenvalue weighted by Gasteiger charge is 2.52. The van der Waals surface area contributed by atoms with E-state index in [1.807, 2.05) is 30.3 Å². The van der Waals surface area contributed by atoms with Crippen molar-refractivity contribution < 1.29 is 17.9 Å². The molecule has 2 fully saturated rings. The number of carbonyl (C=O) groups is 1. The average molecular weight is 388 g/mol. The molecule has 144 valence electrons. The molecule has 3 atom stereocenters. The molecule has 2 bridgehead atoms. The molecule has 1 aliphatic heterocycles. The summed E-state index contributed by atoms with van der Waals surface area (Å²) in [5, 5.41) is 1.88. The Morgan fingerprint density at radius 2 is 1.85 bits per heavy atom. The van der Waals surface area contributed by atoms with E-state index in [0.29, 0.717) is 0 Å². The van der Waals surface area contributed by atoms with Gasteiger partial charge in [0.1, 0.15) is 6.04 Å². The van der Waals surface area contributed by atoms with E-state index in [2.05, 4.69) is 0 Å². The van der Waals surface area contributed by atoms with Crippen LogP contribution in [-0.4, -0.2) is 37.4 Å². The minimum Gasteiger partial charge on any atom is -0.465 e. The van der Waals surface area contributed by atoms with Crippen LogP contribution in [0.15, 0.2) is 47.4 Å². The van der Waals surface area contributed by atoms with Crippen molar-refractivity contribution in [3.63, 3.8) is 0 Å². The lowest BCUT2D eigenvalue weighted by molar-refractivity contribution is -0.148. The number of hydrogen-bond acceptors (Lipinski definition) is 4. The molecule has 0 N–H and O–H groups in total. The Bertz CT molecular complexity index is 956. The van der Waals surface area contributed by atoms with Crippen LogP contribution in [0.4, 0.5) is 0 Å². The van der Waals surface area contributed by atoms with Crippen LogP contribution in [0.5, 0.6) is 0 Å². The van der Waals surface area contributed by atoms with Crippen molar-refractivity contribution in [3.8, 4) is 0 Å². The van der Waals surface area contributed by atoms with Crippen LogP contribution in [0.2, 0.25) is 0 Å². The summed E-state index contributed by atoms with van der Waals surface area (Å²) in [6.07, 6.45) is 4.47. The largest absolute Gasteiger partial charge is 0.465 e. The SMILES string of the molecule is CCOC(=O)C1C2CCCCC(C2)N1S(=O)(=O)c1ccc2ccccc2c1. The van der Waals surface area contributed by atoms with E-state index in [0.717, 1.165) is 42.9 Å². The second-order valence-electron chi connectivity index (χ2n) is 7.47. The molecule has 0 spiro atoms. The summed E-state index contributed by atoms with van der Waals surface area (Å²) in [4.78, 5) is 12.9. The zero-order valence-corrected chi connectivity index (χ0v) is 16.3. The van der Waals surface area contributed by atoms with E-state index in [-0.39, 0.29) is 23.5 Å². The monoisotopic (exact) mass is 387 g/mol. The maximum Gasteiger partial charge on any atom is 0.324 e. The maximum atomic E-state index is 13.6. The van der Waals surface area contributed by atoms with Gasteiger partial charge in [-0.15, -0.1) is 0 Å². The molecule has 2 aliphatic rings. The predicted molar refractivity (Wildman–Crippen MR) is 104 cm³/mol. The van der Waals surface area contributed by atoms with E-state index in [9.17, 15) is 13.2 Å². The molecule has 4 rings (SSSR count). The predicted octanol–water partition coefficient (Wildman–Crippen LogP) is 3.72. The summed E-state index contributed by atoms with van der Waals surface area (Å²) < 4.78 is 33.9. The summed E-state index contributed by atoms with van der Waals surface area (Å²) in [6.45, 7) is 2.02. The van der Waals surface area contributed by atoms with Crippen LogP contribution < -0.4 is 0 Å². The molecule has 3 unspecified atom stereocenters. The smallest absolute Gasteiger partial charge is 0.324 e. The Hall–Kier alpha value is -1.92. The number of sulfonamides is 1. The fourth-order valence-electron chi connectivity index (χ4n) is 4.64. The van der Waals surface area contributed by atoms with Gasteiger partial charge >= 0.3 is 5.97 Å². The number of ether oxygens (including phenoxy) is 1. The quantitative estimate of drug-likeness (QED) is 0.750. The van der Waals surface area contributed by atoms with Crippen molar-refractivity contribution in [1.29, 1.82) is 0 Å². The lowest BCUT2D eigenvalue weighted by atomic mass is 9.96. The van der Waals surface area contributed by atoms with Gasteiger partial charge in [0.15, 0.2) is 0 Å². The first-order valence-corrected chi connectivity index (χ1v) is 11.2. The molecule has 0 aromatic heterocycles. The minimum atomic E-state index is -3.78. The van der Waals surface area contributed by atoms with Gasteiger partial charge in [-0.3, -0.25) is 4.79 Å². The van der Waals surface area contributed by atoms with Crippen LogP contribution in [0, 0.1) is 5.92 Å². The van der Waals surface area contributed by atoms with Gasteiger partial charge in [0, 0.05) is 6.04 Å². The molecule has 1 heterocycles. The average Bonchev–Trinajstić information content (AvgIpc) is 2.86. The summed E-state index contributed by atoms with van der Waals surface area (Å²) in [6, 6.07) is 12.1. The van der Waals surface area contributed by atoms with Gasteiger partial charge in [-0.05, 0) is 55.0 Å². The van der Waals surface area contributed by atoms with Crippen molar-refractivity contribution >= 4 is 26.8 Å². The highest BCUT2D eigenvalue weighted by atomic mass is 32.2. The number of esters is 1. The van der Waals surface area contributed by atoms with E-state index in [4.69, 9.17) is 4.74 Å². The first kappa shape index (κ1) is 18.4. The Labute approximate surface area is 160 Å². The van der Waals surface area contributed by atoms with Crippen LogP contribution in [-0.2, 0) is 19.6 Å². The van der Waals surface area contributed by atoms with Crippen molar-refractivity contribution in [1.82, 2.24) is 4.31 Å². The zero-order chi connectivity index (χ0) is 19.0. The van der Waals surface area contributed by atoms with Gasteiger partial charge in [0.2, 0.25) is 10.0 Å². The molecule has 2 aromatic rings. The Morgan fingerprint density at radius 3 is 2.63 bits per heavy atom. The summed E-state index contributed by atoms with van der Waals surface area (Å²) in [5.41, 5.74) is 0. The van der Waals surface area contributed by atoms with E-state index in [1.165, 1.54) is 4.31 Å². The van der Waals surface area contributed by atoms with E-state index in [1.54, 1.807) is 19.1 Å². The van der Waals surface area contributed by atoms with Crippen LogP contribution in [0.3, 0.4) is 0 Å². The third-order valence-corrected chi connectivity index (χ3v) is 7.77. The molecule has 1 saturated carbocycles. The number of nitrogens with zero attached hydrogens (tertiary/aromatic N) is 1. The van der Waals surface area contributed by atoms with Gasteiger partial charge in [-0.1, -0.05) is 43.2 Å². The second kappa shape index (κ2) is 7.24. The van der Waals surface area contributed by atoms with Gasteiger partial charge in [-0.2, -0.15) is 4.31 Å². The first-order chi connectivity index (χ1) is 13.0. The van der Waals surface area contributed by atoms with E-state index < -0.39 is 22.0 Å². The molecule has 2 aromatic carbocycles. The molecule has 1 aliphatic carbocycles. The maximum absolute atomic E-state index is 13.6. The summed E-state index contributed by atoms with van der Waals surface area (Å²) >= 11 is 0. The Balaban J connectivity index is 1.77. The molecule has 0 radical (unpaired) electrons. The molecule has 0 amide bonds. The Kier molecular flexibility index (Phi) is 4.95. The topological polar surface area (TPSA) is 63.7 Å². The van der Waals surface area contributed by atoms with Gasteiger partial charge in [0.25, 0.3) is 0 Å². The third-order valence-electron chi connectivity index (χ3n) is 5.84. The molecular weight excluding hydrogens is 362 g/mol.